The molecule has 2 aliphatic rings. The summed E-state index contributed by atoms with van der Waals surface area (Å²) in [5, 5.41) is 8.89. The molecule has 0 radical (unpaired) electrons. The lowest BCUT2D eigenvalue weighted by atomic mass is 9.91. The quantitative estimate of drug-likeness (QED) is 0.901. The van der Waals surface area contributed by atoms with Gasteiger partial charge in [0.15, 0.2) is 0 Å². The lowest BCUT2D eigenvalue weighted by Crippen LogP contribution is -2.46. The van der Waals surface area contributed by atoms with Gasteiger partial charge in [-0.05, 0) is 55.9 Å². The Morgan fingerprint density at radius 2 is 1.65 bits per heavy atom. The average Bonchev–Trinajstić information content (AvgIpc) is 2.95. The van der Waals surface area contributed by atoms with Crippen LogP contribution in [0, 0.1) is 5.92 Å². The fraction of sp³-hybridized carbons (Fsp3) is 0.500. The molecule has 0 spiro atoms. The summed E-state index contributed by atoms with van der Waals surface area (Å²) in [6.07, 6.45) is 5.90. The van der Waals surface area contributed by atoms with Gasteiger partial charge >= 0.3 is 5.97 Å². The fourth-order valence-corrected chi connectivity index (χ4v) is 3.63. The molecule has 4 heteroatoms. The SMILES string of the molecule is O=C(O)c1ccc(C(=O)N2CCC[C@@H]3CCC[C@H]32)cc1. The van der Waals surface area contributed by atoms with Gasteiger partial charge in [0.05, 0.1) is 5.56 Å². The van der Waals surface area contributed by atoms with Crippen LogP contribution in [0.15, 0.2) is 24.3 Å². The molecule has 1 aliphatic carbocycles. The van der Waals surface area contributed by atoms with Gasteiger partial charge in [-0.3, -0.25) is 4.79 Å². The van der Waals surface area contributed by atoms with Gasteiger partial charge in [0.1, 0.15) is 0 Å². The van der Waals surface area contributed by atoms with Gasteiger partial charge in [0, 0.05) is 18.2 Å². The van der Waals surface area contributed by atoms with Crippen LogP contribution in [0.1, 0.15) is 52.8 Å². The second-order valence-corrected chi connectivity index (χ2v) is 5.78. The molecule has 20 heavy (non-hydrogen) atoms. The van der Waals surface area contributed by atoms with Crippen LogP contribution in [0.4, 0.5) is 0 Å². The summed E-state index contributed by atoms with van der Waals surface area (Å²) < 4.78 is 0. The Morgan fingerprint density at radius 1 is 1.00 bits per heavy atom. The molecule has 4 nitrogen and oxygen atoms in total. The molecule has 1 aliphatic heterocycles. The molecule has 1 heterocycles. The van der Waals surface area contributed by atoms with Gasteiger partial charge in [-0.1, -0.05) is 6.42 Å². The highest BCUT2D eigenvalue weighted by Crippen LogP contribution is 2.37. The van der Waals surface area contributed by atoms with E-state index in [0.29, 0.717) is 17.5 Å². The number of aromatic carboxylic acids is 1. The number of carbonyl (C=O) groups is 2. The number of hydrogen-bond donors (Lipinski definition) is 1. The molecule has 0 aromatic heterocycles. The topological polar surface area (TPSA) is 57.6 Å². The molecule has 3 rings (SSSR count). The van der Waals surface area contributed by atoms with E-state index >= 15 is 0 Å². The highest BCUT2D eigenvalue weighted by molar-refractivity contribution is 5.96. The van der Waals surface area contributed by atoms with Crippen molar-refractivity contribution in [3.05, 3.63) is 35.4 Å². The number of likely N-dealkylation sites (tertiary alicyclic amines) is 1. The van der Waals surface area contributed by atoms with E-state index in [1.807, 2.05) is 4.90 Å². The van der Waals surface area contributed by atoms with Crippen molar-refractivity contribution in [2.45, 2.75) is 38.1 Å². The average molecular weight is 273 g/mol. The smallest absolute Gasteiger partial charge is 0.335 e. The number of hydrogen-bond acceptors (Lipinski definition) is 2. The summed E-state index contributed by atoms with van der Waals surface area (Å²) in [5.41, 5.74) is 0.821. The largest absolute Gasteiger partial charge is 0.478 e. The van der Waals surface area contributed by atoms with Gasteiger partial charge in [-0.15, -0.1) is 0 Å². The number of piperidine rings is 1. The number of carboxylic acids is 1. The summed E-state index contributed by atoms with van der Waals surface area (Å²) in [7, 11) is 0. The van der Waals surface area contributed by atoms with Gasteiger partial charge < -0.3 is 10.0 Å². The fourth-order valence-electron chi connectivity index (χ4n) is 3.63. The lowest BCUT2D eigenvalue weighted by molar-refractivity contribution is 0.0547. The van der Waals surface area contributed by atoms with Gasteiger partial charge in [-0.25, -0.2) is 4.79 Å². The lowest BCUT2D eigenvalue weighted by Gasteiger charge is -2.37. The van der Waals surface area contributed by atoms with Gasteiger partial charge in [0.2, 0.25) is 0 Å². The van der Waals surface area contributed by atoms with Crippen LogP contribution in [0.5, 0.6) is 0 Å². The summed E-state index contributed by atoms with van der Waals surface area (Å²) in [6.45, 7) is 0.834. The standard InChI is InChI=1S/C16H19NO3/c18-15(12-6-8-13(9-7-12)16(19)20)17-10-2-4-11-3-1-5-14(11)17/h6-9,11,14H,1-5,10H2,(H,19,20)/t11-,14+/m0/s1. The van der Waals surface area contributed by atoms with Crippen molar-refractivity contribution in [2.75, 3.05) is 6.54 Å². The normalized spacial score (nSPS) is 25.3. The zero-order valence-electron chi connectivity index (χ0n) is 11.4. The minimum Gasteiger partial charge on any atom is -0.478 e. The van der Waals surface area contributed by atoms with Crippen LogP contribution in [0.25, 0.3) is 0 Å². The Morgan fingerprint density at radius 3 is 2.35 bits per heavy atom. The molecular formula is C16H19NO3. The minimum absolute atomic E-state index is 0.0542. The third-order valence-corrected chi connectivity index (χ3v) is 4.63. The zero-order valence-corrected chi connectivity index (χ0v) is 11.4. The number of carboxylic acid groups (broad SMARTS) is 1. The van der Waals surface area contributed by atoms with Gasteiger partial charge in [0.25, 0.3) is 5.91 Å². The van der Waals surface area contributed by atoms with E-state index in [1.54, 1.807) is 12.1 Å². The maximum Gasteiger partial charge on any atom is 0.335 e. The zero-order chi connectivity index (χ0) is 14.1. The van der Waals surface area contributed by atoms with Crippen LogP contribution in [0.3, 0.4) is 0 Å². The third kappa shape index (κ3) is 2.30. The predicted molar refractivity (Wildman–Crippen MR) is 74.8 cm³/mol. The number of nitrogens with zero attached hydrogens (tertiary/aromatic N) is 1. The summed E-state index contributed by atoms with van der Waals surface area (Å²) in [6, 6.07) is 6.67. The Bertz CT molecular complexity index is 523. The number of carbonyl (C=O) groups excluding carboxylic acids is 1. The minimum atomic E-state index is -0.960. The van der Waals surface area contributed by atoms with Gasteiger partial charge in [-0.2, -0.15) is 0 Å². The maximum atomic E-state index is 12.6. The first-order chi connectivity index (χ1) is 9.66. The second-order valence-electron chi connectivity index (χ2n) is 5.78. The molecule has 1 aromatic rings. The van der Waals surface area contributed by atoms with E-state index < -0.39 is 5.97 Å². The van der Waals surface area contributed by atoms with Crippen LogP contribution >= 0.6 is 0 Å². The molecule has 1 N–H and O–H groups in total. The van der Waals surface area contributed by atoms with E-state index in [9.17, 15) is 9.59 Å². The molecule has 2 fully saturated rings. The van der Waals surface area contributed by atoms with Crippen molar-refractivity contribution in [2.24, 2.45) is 5.92 Å². The molecule has 0 unspecified atom stereocenters. The van der Waals surface area contributed by atoms with E-state index in [0.717, 1.165) is 19.4 Å². The number of amides is 1. The van der Waals surface area contributed by atoms with E-state index in [1.165, 1.54) is 31.4 Å². The Balaban J connectivity index is 1.79. The van der Waals surface area contributed by atoms with Crippen molar-refractivity contribution in [1.29, 1.82) is 0 Å². The first-order valence-electron chi connectivity index (χ1n) is 7.31. The van der Waals surface area contributed by atoms with E-state index in [-0.39, 0.29) is 11.5 Å². The molecule has 2 atom stereocenters. The van der Waals surface area contributed by atoms with Crippen molar-refractivity contribution in [1.82, 2.24) is 4.90 Å². The second kappa shape index (κ2) is 5.27. The molecule has 1 saturated heterocycles. The van der Waals surface area contributed by atoms with Crippen molar-refractivity contribution < 1.29 is 14.7 Å². The summed E-state index contributed by atoms with van der Waals surface area (Å²) in [4.78, 5) is 25.5. The molecule has 1 amide bonds. The monoisotopic (exact) mass is 273 g/mol. The Labute approximate surface area is 118 Å². The summed E-state index contributed by atoms with van der Waals surface area (Å²) >= 11 is 0. The third-order valence-electron chi connectivity index (χ3n) is 4.63. The predicted octanol–water partition coefficient (Wildman–Crippen LogP) is 2.79. The molecule has 106 valence electrons. The highest BCUT2D eigenvalue weighted by Gasteiger charge is 2.37. The molecule has 1 aromatic carbocycles. The van der Waals surface area contributed by atoms with Crippen LogP contribution in [-0.4, -0.2) is 34.5 Å². The van der Waals surface area contributed by atoms with Crippen LogP contribution in [0.2, 0.25) is 0 Å². The van der Waals surface area contributed by atoms with Crippen molar-refractivity contribution in [3.8, 4) is 0 Å². The molecular weight excluding hydrogens is 254 g/mol. The van der Waals surface area contributed by atoms with Crippen molar-refractivity contribution in [3.63, 3.8) is 0 Å². The van der Waals surface area contributed by atoms with Crippen LogP contribution < -0.4 is 0 Å². The number of fused-ring (bicyclic) bond motifs is 1. The highest BCUT2D eigenvalue weighted by atomic mass is 16.4. The molecule has 0 bridgehead atoms. The number of rotatable bonds is 2. The Hall–Kier alpha value is -1.84. The number of benzene rings is 1. The summed E-state index contributed by atoms with van der Waals surface area (Å²) in [5.74, 6) is -0.234. The van der Waals surface area contributed by atoms with Crippen molar-refractivity contribution >= 4 is 11.9 Å². The molecule has 1 saturated carbocycles. The first-order valence-corrected chi connectivity index (χ1v) is 7.31. The Kier molecular flexibility index (Phi) is 3.47. The van der Waals surface area contributed by atoms with E-state index in [4.69, 9.17) is 5.11 Å². The first kappa shape index (κ1) is 13.2. The maximum absolute atomic E-state index is 12.6. The van der Waals surface area contributed by atoms with Crippen LogP contribution in [-0.2, 0) is 0 Å². The van der Waals surface area contributed by atoms with E-state index in [2.05, 4.69) is 0 Å².